The summed E-state index contributed by atoms with van der Waals surface area (Å²) in [6.45, 7) is 4.52. The topological polar surface area (TPSA) is 63.4 Å². The first-order valence-electron chi connectivity index (χ1n) is 9.90. The smallest absolute Gasteiger partial charge is 0.243 e. The molecule has 0 N–H and O–H groups in total. The van der Waals surface area contributed by atoms with Crippen molar-refractivity contribution in [2.24, 2.45) is 5.10 Å². The van der Waals surface area contributed by atoms with E-state index in [1.165, 1.54) is 17.1 Å². The van der Waals surface area contributed by atoms with Crippen LogP contribution in [0.4, 0.5) is 8.78 Å². The number of pyridine rings is 1. The molecule has 1 aromatic carbocycles. The Morgan fingerprint density at radius 3 is 2.71 bits per heavy atom. The molecule has 4 rings (SSSR count). The van der Waals surface area contributed by atoms with Gasteiger partial charge in [0, 0.05) is 43.1 Å². The van der Waals surface area contributed by atoms with Gasteiger partial charge in [-0.05, 0) is 36.2 Å². The molecule has 0 aliphatic carbocycles. The first-order chi connectivity index (χ1) is 15.0. The van der Waals surface area contributed by atoms with Crippen molar-refractivity contribution < 1.29 is 13.6 Å². The minimum atomic E-state index is -0.674. The SMILES string of the molecule is C=C(CCC(=O)N1N=CCC1c1cc(F)cc(F)c1)Cn1cc(-c2ccccn2)cn1. The van der Waals surface area contributed by atoms with Gasteiger partial charge in [-0.15, -0.1) is 0 Å². The molecule has 1 aliphatic rings. The van der Waals surface area contributed by atoms with E-state index in [1.807, 2.05) is 24.4 Å². The Kier molecular flexibility index (Phi) is 5.97. The second kappa shape index (κ2) is 8.99. The van der Waals surface area contributed by atoms with Crippen molar-refractivity contribution in [3.8, 4) is 11.3 Å². The standard InChI is InChI=1S/C23H21F2N5O/c1-16(14-29-15-18(13-28-29)21-4-2-3-8-26-21)5-6-23(31)30-22(7-9-27-30)17-10-19(24)12-20(25)11-17/h2-4,8-13,15,22H,1,5-7,14H2. The van der Waals surface area contributed by atoms with Gasteiger partial charge >= 0.3 is 0 Å². The molecule has 31 heavy (non-hydrogen) atoms. The Bertz CT molecular complexity index is 1110. The van der Waals surface area contributed by atoms with Gasteiger partial charge in [-0.3, -0.25) is 14.5 Å². The average Bonchev–Trinajstić information content (AvgIpc) is 3.42. The minimum absolute atomic E-state index is 0.193. The molecule has 0 fully saturated rings. The first-order valence-corrected chi connectivity index (χ1v) is 9.90. The predicted octanol–water partition coefficient (Wildman–Crippen LogP) is 4.52. The Balaban J connectivity index is 1.33. The molecule has 0 saturated heterocycles. The lowest BCUT2D eigenvalue weighted by Crippen LogP contribution is -2.27. The number of rotatable bonds is 7. The molecule has 0 bridgehead atoms. The number of nitrogens with zero attached hydrogens (tertiary/aromatic N) is 5. The number of hydrogen-bond acceptors (Lipinski definition) is 4. The fourth-order valence-electron chi connectivity index (χ4n) is 3.52. The molecule has 8 heteroatoms. The highest BCUT2D eigenvalue weighted by molar-refractivity contribution is 5.80. The molecule has 3 heterocycles. The van der Waals surface area contributed by atoms with E-state index in [1.54, 1.807) is 23.3 Å². The highest BCUT2D eigenvalue weighted by Gasteiger charge is 2.28. The highest BCUT2D eigenvalue weighted by Crippen LogP contribution is 2.30. The van der Waals surface area contributed by atoms with Gasteiger partial charge in [-0.25, -0.2) is 13.8 Å². The summed E-state index contributed by atoms with van der Waals surface area (Å²) in [6.07, 6.45) is 8.00. The number of benzene rings is 1. The van der Waals surface area contributed by atoms with Crippen LogP contribution in [0.25, 0.3) is 11.3 Å². The maximum Gasteiger partial charge on any atom is 0.243 e. The summed E-state index contributed by atoms with van der Waals surface area (Å²) >= 11 is 0. The molecular weight excluding hydrogens is 400 g/mol. The molecule has 0 radical (unpaired) electrons. The molecule has 6 nitrogen and oxygen atoms in total. The molecule has 1 atom stereocenters. The zero-order valence-electron chi connectivity index (χ0n) is 16.8. The lowest BCUT2D eigenvalue weighted by molar-refractivity contribution is -0.133. The van der Waals surface area contributed by atoms with Crippen LogP contribution in [0.1, 0.15) is 30.9 Å². The van der Waals surface area contributed by atoms with Crippen molar-refractivity contribution >= 4 is 12.1 Å². The van der Waals surface area contributed by atoms with Crippen LogP contribution in [-0.4, -0.2) is 31.9 Å². The Labute approximate surface area is 178 Å². The third kappa shape index (κ3) is 4.91. The summed E-state index contributed by atoms with van der Waals surface area (Å²) in [5.41, 5.74) is 2.96. The maximum atomic E-state index is 13.6. The van der Waals surface area contributed by atoms with Gasteiger partial charge < -0.3 is 0 Å². The quantitative estimate of drug-likeness (QED) is 0.527. The number of allylic oxidation sites excluding steroid dienone is 1. The highest BCUT2D eigenvalue weighted by atomic mass is 19.1. The van der Waals surface area contributed by atoms with E-state index in [-0.39, 0.29) is 12.3 Å². The predicted molar refractivity (Wildman–Crippen MR) is 113 cm³/mol. The van der Waals surface area contributed by atoms with E-state index in [0.29, 0.717) is 24.9 Å². The summed E-state index contributed by atoms with van der Waals surface area (Å²) in [4.78, 5) is 17.0. The molecule has 1 unspecified atom stereocenters. The largest absolute Gasteiger partial charge is 0.273 e. The fraction of sp³-hybridized carbons (Fsp3) is 0.217. The van der Waals surface area contributed by atoms with Crippen molar-refractivity contribution in [1.29, 1.82) is 0 Å². The van der Waals surface area contributed by atoms with E-state index in [9.17, 15) is 13.6 Å². The molecule has 0 saturated carbocycles. The van der Waals surface area contributed by atoms with Gasteiger partial charge in [-0.2, -0.15) is 10.2 Å². The van der Waals surface area contributed by atoms with Crippen LogP contribution in [0, 0.1) is 11.6 Å². The van der Waals surface area contributed by atoms with Crippen LogP contribution in [0.2, 0.25) is 0 Å². The molecule has 1 amide bonds. The number of amides is 1. The molecule has 3 aromatic rings. The molecule has 1 aliphatic heterocycles. The van der Waals surface area contributed by atoms with Crippen molar-refractivity contribution in [3.63, 3.8) is 0 Å². The number of hydrogen-bond donors (Lipinski definition) is 0. The summed E-state index contributed by atoms with van der Waals surface area (Å²) in [5.74, 6) is -1.57. The summed E-state index contributed by atoms with van der Waals surface area (Å²) < 4.78 is 28.9. The summed E-state index contributed by atoms with van der Waals surface area (Å²) in [6, 6.07) is 8.45. The summed E-state index contributed by atoms with van der Waals surface area (Å²) in [7, 11) is 0. The molecule has 158 valence electrons. The van der Waals surface area contributed by atoms with Gasteiger partial charge in [0.05, 0.1) is 24.5 Å². The monoisotopic (exact) mass is 421 g/mol. The van der Waals surface area contributed by atoms with Crippen LogP contribution in [0.3, 0.4) is 0 Å². The van der Waals surface area contributed by atoms with Crippen LogP contribution >= 0.6 is 0 Å². The Morgan fingerprint density at radius 1 is 1.16 bits per heavy atom. The fourth-order valence-corrected chi connectivity index (χ4v) is 3.52. The molecule has 0 spiro atoms. The number of hydrazone groups is 1. The van der Waals surface area contributed by atoms with Crippen LogP contribution in [0.15, 0.2) is 72.2 Å². The van der Waals surface area contributed by atoms with Crippen molar-refractivity contribution in [3.05, 3.63) is 84.3 Å². The Morgan fingerprint density at radius 2 is 1.97 bits per heavy atom. The van der Waals surface area contributed by atoms with E-state index in [4.69, 9.17) is 0 Å². The summed E-state index contributed by atoms with van der Waals surface area (Å²) in [5, 5.41) is 9.74. The van der Waals surface area contributed by atoms with Gasteiger partial charge in [-0.1, -0.05) is 18.2 Å². The van der Waals surface area contributed by atoms with E-state index in [0.717, 1.165) is 22.9 Å². The molecule has 2 aromatic heterocycles. The van der Waals surface area contributed by atoms with E-state index >= 15 is 0 Å². The Hall–Kier alpha value is -3.68. The van der Waals surface area contributed by atoms with Gasteiger partial charge in [0.1, 0.15) is 11.6 Å². The third-order valence-electron chi connectivity index (χ3n) is 5.03. The zero-order chi connectivity index (χ0) is 21.8. The third-order valence-corrected chi connectivity index (χ3v) is 5.03. The van der Waals surface area contributed by atoms with E-state index in [2.05, 4.69) is 21.8 Å². The average molecular weight is 421 g/mol. The van der Waals surface area contributed by atoms with Crippen molar-refractivity contribution in [2.45, 2.75) is 31.8 Å². The number of halogens is 2. The second-order valence-corrected chi connectivity index (χ2v) is 7.38. The lowest BCUT2D eigenvalue weighted by Gasteiger charge is -2.22. The second-order valence-electron chi connectivity index (χ2n) is 7.38. The maximum absolute atomic E-state index is 13.6. The van der Waals surface area contributed by atoms with Crippen LogP contribution in [0.5, 0.6) is 0 Å². The lowest BCUT2D eigenvalue weighted by atomic mass is 10.0. The number of aromatic nitrogens is 3. The van der Waals surface area contributed by atoms with Gasteiger partial charge in [0.25, 0.3) is 0 Å². The van der Waals surface area contributed by atoms with Gasteiger partial charge in [0.15, 0.2) is 0 Å². The first kappa shape index (κ1) is 20.6. The normalized spacial score (nSPS) is 15.4. The number of carbonyl (C=O) groups excluding carboxylic acids is 1. The number of carbonyl (C=O) groups is 1. The van der Waals surface area contributed by atoms with Crippen LogP contribution < -0.4 is 0 Å². The van der Waals surface area contributed by atoms with Crippen molar-refractivity contribution in [2.75, 3.05) is 0 Å². The van der Waals surface area contributed by atoms with E-state index < -0.39 is 17.7 Å². The van der Waals surface area contributed by atoms with Gasteiger partial charge in [0.2, 0.25) is 5.91 Å². The minimum Gasteiger partial charge on any atom is -0.273 e. The van der Waals surface area contributed by atoms with Crippen molar-refractivity contribution in [1.82, 2.24) is 19.8 Å². The van der Waals surface area contributed by atoms with Crippen LogP contribution in [-0.2, 0) is 11.3 Å². The zero-order valence-corrected chi connectivity index (χ0v) is 16.8. The molecular formula is C23H21F2N5O.